The molecule has 76 valence electrons. The number of nitrogens with zero attached hydrogens (tertiary/aromatic N) is 1. The van der Waals surface area contributed by atoms with Gasteiger partial charge in [-0.3, -0.25) is 4.90 Å². The van der Waals surface area contributed by atoms with Crippen LogP contribution in [-0.4, -0.2) is 35.7 Å². The third-order valence-corrected chi connectivity index (χ3v) is 3.43. The molecular formula is C11H21NO. The van der Waals surface area contributed by atoms with Crippen LogP contribution in [0.3, 0.4) is 0 Å². The standard InChI is InChI=1S/C11H21NO/c1-9(2)12-7-10(3)13-11(8-12)5-4-6-11/h9-10H,4-8H2,1-3H3/t10-/m0/s1. The van der Waals surface area contributed by atoms with E-state index < -0.39 is 0 Å². The van der Waals surface area contributed by atoms with Crippen LogP contribution in [0.5, 0.6) is 0 Å². The van der Waals surface area contributed by atoms with E-state index in [1.54, 1.807) is 0 Å². The number of hydrogen-bond acceptors (Lipinski definition) is 2. The van der Waals surface area contributed by atoms with Crippen LogP contribution in [0.15, 0.2) is 0 Å². The molecule has 13 heavy (non-hydrogen) atoms. The Kier molecular flexibility index (Phi) is 2.37. The van der Waals surface area contributed by atoms with Crippen molar-refractivity contribution >= 4 is 0 Å². The fraction of sp³-hybridized carbons (Fsp3) is 1.00. The Morgan fingerprint density at radius 3 is 2.54 bits per heavy atom. The van der Waals surface area contributed by atoms with E-state index in [1.165, 1.54) is 19.3 Å². The molecule has 1 aliphatic heterocycles. The highest BCUT2D eigenvalue weighted by molar-refractivity contribution is 4.97. The summed E-state index contributed by atoms with van der Waals surface area (Å²) in [4.78, 5) is 2.56. The van der Waals surface area contributed by atoms with Gasteiger partial charge in [-0.15, -0.1) is 0 Å². The van der Waals surface area contributed by atoms with Gasteiger partial charge in [-0.2, -0.15) is 0 Å². The van der Waals surface area contributed by atoms with Crippen molar-refractivity contribution in [1.29, 1.82) is 0 Å². The second-order valence-electron chi connectivity index (χ2n) is 4.99. The molecule has 0 aromatic heterocycles. The quantitative estimate of drug-likeness (QED) is 0.617. The first kappa shape index (κ1) is 9.47. The van der Waals surface area contributed by atoms with Gasteiger partial charge in [0, 0.05) is 19.1 Å². The summed E-state index contributed by atoms with van der Waals surface area (Å²) in [6.07, 6.45) is 4.34. The Morgan fingerprint density at radius 1 is 1.38 bits per heavy atom. The van der Waals surface area contributed by atoms with E-state index >= 15 is 0 Å². The number of hydrogen-bond donors (Lipinski definition) is 0. The number of morpholine rings is 1. The van der Waals surface area contributed by atoms with Crippen LogP contribution in [0.1, 0.15) is 40.0 Å². The maximum atomic E-state index is 6.05. The summed E-state index contributed by atoms with van der Waals surface area (Å²) in [5.41, 5.74) is 0.252. The third-order valence-electron chi connectivity index (χ3n) is 3.43. The van der Waals surface area contributed by atoms with Crippen LogP contribution in [-0.2, 0) is 4.74 Å². The first-order valence-corrected chi connectivity index (χ1v) is 5.53. The Hall–Kier alpha value is -0.0800. The molecule has 0 aromatic carbocycles. The molecule has 2 nitrogen and oxygen atoms in total. The summed E-state index contributed by atoms with van der Waals surface area (Å²) >= 11 is 0. The highest BCUT2D eigenvalue weighted by atomic mass is 16.5. The van der Waals surface area contributed by atoms with E-state index in [4.69, 9.17) is 4.74 Å². The van der Waals surface area contributed by atoms with Gasteiger partial charge < -0.3 is 4.74 Å². The average molecular weight is 183 g/mol. The zero-order chi connectivity index (χ0) is 9.47. The normalized spacial score (nSPS) is 33.7. The molecule has 2 fully saturated rings. The summed E-state index contributed by atoms with van der Waals surface area (Å²) in [5.74, 6) is 0. The van der Waals surface area contributed by atoms with E-state index in [-0.39, 0.29) is 5.60 Å². The van der Waals surface area contributed by atoms with Crippen LogP contribution < -0.4 is 0 Å². The van der Waals surface area contributed by atoms with Crippen molar-refractivity contribution in [2.24, 2.45) is 0 Å². The smallest absolute Gasteiger partial charge is 0.0813 e. The lowest BCUT2D eigenvalue weighted by Crippen LogP contribution is -2.59. The zero-order valence-electron chi connectivity index (χ0n) is 9.05. The predicted molar refractivity (Wildman–Crippen MR) is 53.8 cm³/mol. The SMILES string of the molecule is CC(C)N1C[C@H](C)OC2(CCC2)C1. The molecule has 1 saturated heterocycles. The maximum absolute atomic E-state index is 6.05. The molecule has 1 aliphatic carbocycles. The molecule has 1 heterocycles. The predicted octanol–water partition coefficient (Wildman–Crippen LogP) is 2.04. The molecule has 0 amide bonds. The first-order valence-electron chi connectivity index (χ1n) is 5.53. The molecule has 0 unspecified atom stereocenters. The lowest BCUT2D eigenvalue weighted by Gasteiger charge is -2.51. The Balaban J connectivity index is 2.01. The Morgan fingerprint density at radius 2 is 2.08 bits per heavy atom. The highest BCUT2D eigenvalue weighted by Gasteiger charge is 2.44. The minimum atomic E-state index is 0.252. The molecule has 1 spiro atoms. The molecule has 0 bridgehead atoms. The molecule has 2 aliphatic rings. The zero-order valence-corrected chi connectivity index (χ0v) is 9.05. The maximum Gasteiger partial charge on any atom is 0.0813 e. The summed E-state index contributed by atoms with van der Waals surface area (Å²) in [6.45, 7) is 9.04. The molecule has 1 atom stereocenters. The lowest BCUT2D eigenvalue weighted by atomic mass is 9.78. The van der Waals surface area contributed by atoms with Crippen molar-refractivity contribution in [3.8, 4) is 0 Å². The molecule has 0 aromatic rings. The van der Waals surface area contributed by atoms with E-state index in [9.17, 15) is 0 Å². The van der Waals surface area contributed by atoms with Crippen molar-refractivity contribution in [1.82, 2.24) is 4.90 Å². The van der Waals surface area contributed by atoms with Crippen molar-refractivity contribution in [3.05, 3.63) is 0 Å². The molecule has 1 saturated carbocycles. The second kappa shape index (κ2) is 3.25. The van der Waals surface area contributed by atoms with Gasteiger partial charge in [0.15, 0.2) is 0 Å². The van der Waals surface area contributed by atoms with Crippen molar-refractivity contribution in [2.75, 3.05) is 13.1 Å². The van der Waals surface area contributed by atoms with Crippen molar-refractivity contribution in [2.45, 2.75) is 57.8 Å². The Bertz CT molecular complexity index is 187. The van der Waals surface area contributed by atoms with Gasteiger partial charge >= 0.3 is 0 Å². The lowest BCUT2D eigenvalue weighted by molar-refractivity contribution is -0.189. The van der Waals surface area contributed by atoms with E-state index in [2.05, 4.69) is 25.7 Å². The third kappa shape index (κ3) is 1.75. The van der Waals surface area contributed by atoms with Gasteiger partial charge in [-0.1, -0.05) is 0 Å². The fourth-order valence-corrected chi connectivity index (χ4v) is 2.51. The van der Waals surface area contributed by atoms with Crippen LogP contribution in [0.25, 0.3) is 0 Å². The van der Waals surface area contributed by atoms with E-state index in [0.29, 0.717) is 12.1 Å². The van der Waals surface area contributed by atoms with Gasteiger partial charge in [-0.25, -0.2) is 0 Å². The van der Waals surface area contributed by atoms with Gasteiger partial charge in [0.2, 0.25) is 0 Å². The summed E-state index contributed by atoms with van der Waals surface area (Å²) in [7, 11) is 0. The molecule has 0 radical (unpaired) electrons. The summed E-state index contributed by atoms with van der Waals surface area (Å²) < 4.78 is 6.05. The van der Waals surface area contributed by atoms with E-state index in [0.717, 1.165) is 13.1 Å². The highest BCUT2D eigenvalue weighted by Crippen LogP contribution is 2.40. The molecule has 2 rings (SSSR count). The minimum absolute atomic E-state index is 0.252. The van der Waals surface area contributed by atoms with Crippen molar-refractivity contribution < 1.29 is 4.74 Å². The van der Waals surface area contributed by atoms with Gasteiger partial charge in [0.05, 0.1) is 11.7 Å². The van der Waals surface area contributed by atoms with Crippen LogP contribution >= 0.6 is 0 Å². The number of ether oxygens (including phenoxy) is 1. The Labute approximate surface area is 81.3 Å². The molecule has 2 heteroatoms. The largest absolute Gasteiger partial charge is 0.369 e. The minimum Gasteiger partial charge on any atom is -0.369 e. The van der Waals surface area contributed by atoms with Crippen LogP contribution in [0, 0.1) is 0 Å². The van der Waals surface area contributed by atoms with Crippen LogP contribution in [0.4, 0.5) is 0 Å². The summed E-state index contributed by atoms with van der Waals surface area (Å²) in [6, 6.07) is 0.670. The van der Waals surface area contributed by atoms with Gasteiger partial charge in [-0.05, 0) is 40.0 Å². The number of rotatable bonds is 1. The topological polar surface area (TPSA) is 12.5 Å². The van der Waals surface area contributed by atoms with Crippen molar-refractivity contribution in [3.63, 3.8) is 0 Å². The first-order chi connectivity index (χ1) is 6.11. The van der Waals surface area contributed by atoms with E-state index in [1.807, 2.05) is 0 Å². The van der Waals surface area contributed by atoms with Crippen LogP contribution in [0.2, 0.25) is 0 Å². The fourth-order valence-electron chi connectivity index (χ4n) is 2.51. The average Bonchev–Trinajstić information content (AvgIpc) is 2.00. The second-order valence-corrected chi connectivity index (χ2v) is 4.99. The molecule has 0 N–H and O–H groups in total. The monoisotopic (exact) mass is 183 g/mol. The van der Waals surface area contributed by atoms with Gasteiger partial charge in [0.25, 0.3) is 0 Å². The van der Waals surface area contributed by atoms with Gasteiger partial charge in [0.1, 0.15) is 0 Å². The summed E-state index contributed by atoms with van der Waals surface area (Å²) in [5, 5.41) is 0. The molecular weight excluding hydrogens is 162 g/mol.